The van der Waals surface area contributed by atoms with Gasteiger partial charge < -0.3 is 15.3 Å². The van der Waals surface area contributed by atoms with Crippen molar-refractivity contribution in [3.05, 3.63) is 52.9 Å². The molecule has 112 valence electrons. The lowest BCUT2D eigenvalue weighted by molar-refractivity contribution is 0.304. The van der Waals surface area contributed by atoms with Crippen molar-refractivity contribution in [2.24, 2.45) is 0 Å². The van der Waals surface area contributed by atoms with E-state index in [9.17, 15) is 4.39 Å². The molecular formula is C15H17ClFN3O. The summed E-state index contributed by atoms with van der Waals surface area (Å²) in [5.41, 5.74) is 1.40. The number of benzene rings is 1. The summed E-state index contributed by atoms with van der Waals surface area (Å²) in [7, 11) is 1.88. The van der Waals surface area contributed by atoms with E-state index in [2.05, 4.69) is 10.3 Å². The molecule has 2 rings (SSSR count). The van der Waals surface area contributed by atoms with Gasteiger partial charge in [-0.2, -0.15) is 0 Å². The predicted molar refractivity (Wildman–Crippen MR) is 83.3 cm³/mol. The topological polar surface area (TPSA) is 48.4 Å². The summed E-state index contributed by atoms with van der Waals surface area (Å²) in [6, 6.07) is 8.61. The lowest BCUT2D eigenvalue weighted by atomic mass is 10.2. The van der Waals surface area contributed by atoms with E-state index in [0.717, 1.165) is 5.69 Å². The molecular weight excluding hydrogens is 293 g/mol. The largest absolute Gasteiger partial charge is 0.395 e. The summed E-state index contributed by atoms with van der Waals surface area (Å²) >= 11 is 5.74. The first-order valence-electron chi connectivity index (χ1n) is 6.56. The molecule has 1 aromatic heterocycles. The average Bonchev–Trinajstić information content (AvgIpc) is 2.49. The highest BCUT2D eigenvalue weighted by Crippen LogP contribution is 2.19. The lowest BCUT2D eigenvalue weighted by Crippen LogP contribution is -2.21. The molecule has 0 aliphatic heterocycles. The van der Waals surface area contributed by atoms with Crippen LogP contribution < -0.4 is 10.2 Å². The van der Waals surface area contributed by atoms with Gasteiger partial charge in [0, 0.05) is 25.7 Å². The van der Waals surface area contributed by atoms with Crippen LogP contribution in [-0.4, -0.2) is 30.3 Å². The van der Waals surface area contributed by atoms with E-state index in [1.165, 1.54) is 6.07 Å². The Hall–Kier alpha value is -1.85. The Labute approximate surface area is 128 Å². The maximum absolute atomic E-state index is 13.7. The van der Waals surface area contributed by atoms with E-state index in [1.807, 2.05) is 24.1 Å². The van der Waals surface area contributed by atoms with Gasteiger partial charge in [0.2, 0.25) is 0 Å². The minimum Gasteiger partial charge on any atom is -0.395 e. The summed E-state index contributed by atoms with van der Waals surface area (Å²) < 4.78 is 13.7. The highest BCUT2D eigenvalue weighted by atomic mass is 35.5. The van der Waals surface area contributed by atoms with Gasteiger partial charge >= 0.3 is 0 Å². The number of hydrogen-bond donors (Lipinski definition) is 2. The Kier molecular flexibility index (Phi) is 5.36. The van der Waals surface area contributed by atoms with Crippen molar-refractivity contribution in [2.75, 3.05) is 30.4 Å². The SMILES string of the molecule is CN(CCO)c1ccc(NCc2cccc(Cl)c2F)nc1. The molecule has 1 heterocycles. The van der Waals surface area contributed by atoms with Gasteiger partial charge in [0.15, 0.2) is 0 Å². The number of hydrogen-bond acceptors (Lipinski definition) is 4. The Balaban J connectivity index is 1.99. The average molecular weight is 310 g/mol. The van der Waals surface area contributed by atoms with Crippen LogP contribution >= 0.6 is 11.6 Å². The Morgan fingerprint density at radius 3 is 2.81 bits per heavy atom. The van der Waals surface area contributed by atoms with E-state index in [0.29, 0.717) is 24.5 Å². The van der Waals surface area contributed by atoms with Crippen LogP contribution in [-0.2, 0) is 6.54 Å². The zero-order valence-electron chi connectivity index (χ0n) is 11.7. The van der Waals surface area contributed by atoms with E-state index in [1.54, 1.807) is 18.3 Å². The molecule has 0 fully saturated rings. The van der Waals surface area contributed by atoms with Crippen LogP contribution in [0, 0.1) is 5.82 Å². The number of likely N-dealkylation sites (N-methyl/N-ethyl adjacent to an activating group) is 1. The second kappa shape index (κ2) is 7.24. The van der Waals surface area contributed by atoms with Gasteiger partial charge in [-0.3, -0.25) is 0 Å². The Morgan fingerprint density at radius 1 is 1.33 bits per heavy atom. The van der Waals surface area contributed by atoms with E-state index >= 15 is 0 Å². The molecule has 0 saturated heterocycles. The third-order valence-corrected chi connectivity index (χ3v) is 3.41. The highest BCUT2D eigenvalue weighted by molar-refractivity contribution is 6.30. The van der Waals surface area contributed by atoms with Gasteiger partial charge in [-0.15, -0.1) is 0 Å². The maximum Gasteiger partial charge on any atom is 0.146 e. The van der Waals surface area contributed by atoms with Crippen molar-refractivity contribution in [2.45, 2.75) is 6.54 Å². The van der Waals surface area contributed by atoms with E-state index < -0.39 is 5.82 Å². The molecule has 0 spiro atoms. The fourth-order valence-electron chi connectivity index (χ4n) is 1.87. The van der Waals surface area contributed by atoms with Crippen LogP contribution in [0.25, 0.3) is 0 Å². The smallest absolute Gasteiger partial charge is 0.146 e. The molecule has 6 heteroatoms. The lowest BCUT2D eigenvalue weighted by Gasteiger charge is -2.17. The van der Waals surface area contributed by atoms with Gasteiger partial charge in [-0.1, -0.05) is 23.7 Å². The van der Waals surface area contributed by atoms with Crippen LogP contribution in [0.5, 0.6) is 0 Å². The minimum absolute atomic E-state index is 0.0878. The van der Waals surface area contributed by atoms with Gasteiger partial charge in [0.25, 0.3) is 0 Å². The predicted octanol–water partition coefficient (Wildman–Crippen LogP) is 2.91. The zero-order valence-corrected chi connectivity index (χ0v) is 12.4. The number of aliphatic hydroxyl groups excluding tert-OH is 1. The molecule has 2 aromatic rings. The summed E-state index contributed by atoms with van der Waals surface area (Å²) in [6.07, 6.45) is 1.70. The first kappa shape index (κ1) is 15.5. The van der Waals surface area contributed by atoms with Gasteiger partial charge in [0.05, 0.1) is 23.5 Å². The number of aliphatic hydroxyl groups is 1. The number of nitrogens with one attached hydrogen (secondary N) is 1. The first-order valence-corrected chi connectivity index (χ1v) is 6.94. The Morgan fingerprint density at radius 2 is 2.14 bits per heavy atom. The molecule has 1 aromatic carbocycles. The molecule has 21 heavy (non-hydrogen) atoms. The van der Waals surface area contributed by atoms with Crippen molar-refractivity contribution in [3.63, 3.8) is 0 Å². The molecule has 0 unspecified atom stereocenters. The second-order valence-corrected chi connectivity index (χ2v) is 5.02. The van der Waals surface area contributed by atoms with E-state index in [-0.39, 0.29) is 11.6 Å². The number of rotatable bonds is 6. The summed E-state index contributed by atoms with van der Waals surface area (Å²) in [6.45, 7) is 0.942. The molecule has 0 radical (unpaired) electrons. The first-order chi connectivity index (χ1) is 10.1. The van der Waals surface area contributed by atoms with Gasteiger partial charge in [-0.25, -0.2) is 9.37 Å². The number of pyridine rings is 1. The molecule has 2 N–H and O–H groups in total. The fourth-order valence-corrected chi connectivity index (χ4v) is 2.06. The number of anilines is 2. The molecule has 0 amide bonds. The third-order valence-electron chi connectivity index (χ3n) is 3.12. The quantitative estimate of drug-likeness (QED) is 0.861. The molecule has 0 saturated carbocycles. The van der Waals surface area contributed by atoms with Crippen LogP contribution in [0.1, 0.15) is 5.56 Å². The molecule has 4 nitrogen and oxygen atoms in total. The fraction of sp³-hybridized carbons (Fsp3) is 0.267. The van der Waals surface area contributed by atoms with Crippen LogP contribution in [0.3, 0.4) is 0 Å². The standard InChI is InChI=1S/C15H17ClFN3O/c1-20(7-8-21)12-5-6-14(19-10-12)18-9-11-3-2-4-13(16)15(11)17/h2-6,10,21H,7-9H2,1H3,(H,18,19). The van der Waals surface area contributed by atoms with Crippen molar-refractivity contribution >= 4 is 23.1 Å². The van der Waals surface area contributed by atoms with Crippen molar-refractivity contribution in [1.29, 1.82) is 0 Å². The molecule has 0 bridgehead atoms. The summed E-state index contributed by atoms with van der Waals surface area (Å²) in [5, 5.41) is 12.1. The van der Waals surface area contributed by atoms with Crippen molar-refractivity contribution in [1.82, 2.24) is 4.98 Å². The normalized spacial score (nSPS) is 10.5. The highest BCUT2D eigenvalue weighted by Gasteiger charge is 2.06. The maximum atomic E-state index is 13.7. The number of halogens is 2. The van der Waals surface area contributed by atoms with Crippen LogP contribution in [0.2, 0.25) is 5.02 Å². The third kappa shape index (κ3) is 4.06. The monoisotopic (exact) mass is 309 g/mol. The molecule has 0 aliphatic carbocycles. The van der Waals surface area contributed by atoms with Crippen LogP contribution in [0.15, 0.2) is 36.5 Å². The van der Waals surface area contributed by atoms with Crippen molar-refractivity contribution < 1.29 is 9.50 Å². The second-order valence-electron chi connectivity index (χ2n) is 4.61. The van der Waals surface area contributed by atoms with Crippen LogP contribution in [0.4, 0.5) is 15.9 Å². The number of aromatic nitrogens is 1. The minimum atomic E-state index is -0.411. The number of nitrogens with zero attached hydrogens (tertiary/aromatic N) is 2. The zero-order chi connectivity index (χ0) is 15.2. The molecule has 0 aliphatic rings. The van der Waals surface area contributed by atoms with Gasteiger partial charge in [0.1, 0.15) is 11.6 Å². The summed E-state index contributed by atoms with van der Waals surface area (Å²) in [4.78, 5) is 6.16. The van der Waals surface area contributed by atoms with Crippen molar-refractivity contribution in [3.8, 4) is 0 Å². The Bertz CT molecular complexity index is 592. The molecule has 0 atom stereocenters. The van der Waals surface area contributed by atoms with E-state index in [4.69, 9.17) is 16.7 Å². The summed E-state index contributed by atoms with van der Waals surface area (Å²) in [5.74, 6) is 0.237. The van der Waals surface area contributed by atoms with Gasteiger partial charge in [-0.05, 0) is 18.2 Å².